The molecular formula is C22H26N4O7. The highest BCUT2D eigenvalue weighted by molar-refractivity contribution is 5.93. The van der Waals surface area contributed by atoms with E-state index in [2.05, 4.69) is 10.6 Å². The van der Waals surface area contributed by atoms with E-state index in [0.29, 0.717) is 11.1 Å². The SMILES string of the molecule is NC(=O)CC(N)C(=O)NC(Cc1ccc(O)cc1)C(=O)NC(Cc1ccc(O)cc1)C(=O)O. The molecule has 0 heterocycles. The number of rotatable bonds is 11. The molecule has 2 aromatic rings. The first-order chi connectivity index (χ1) is 15.5. The Balaban J connectivity index is 2.19. The van der Waals surface area contributed by atoms with Crippen LogP contribution in [0.25, 0.3) is 0 Å². The number of hydrogen-bond acceptors (Lipinski definition) is 7. The smallest absolute Gasteiger partial charge is 0.326 e. The number of benzene rings is 2. The molecule has 3 unspecified atom stereocenters. The number of carboxylic acids is 1. The average molecular weight is 458 g/mol. The zero-order chi connectivity index (χ0) is 24.5. The standard InChI is InChI=1S/C22H26N4O7/c23-16(11-19(24)29)20(30)25-17(9-12-1-5-14(27)6-2-12)21(31)26-18(22(32)33)10-13-3-7-15(28)8-4-13/h1-8,16-18,27-28H,9-11,23H2,(H2,24,29)(H,25,30)(H,26,31)(H,32,33). The van der Waals surface area contributed by atoms with Gasteiger partial charge in [0.15, 0.2) is 0 Å². The summed E-state index contributed by atoms with van der Waals surface area (Å²) in [5, 5.41) is 33.2. The van der Waals surface area contributed by atoms with E-state index in [-0.39, 0.29) is 24.3 Å². The number of nitrogens with one attached hydrogen (secondary N) is 2. The highest BCUT2D eigenvalue weighted by Gasteiger charge is 2.28. The Hall–Kier alpha value is -4.12. The number of amides is 3. The second-order valence-corrected chi connectivity index (χ2v) is 7.48. The van der Waals surface area contributed by atoms with E-state index >= 15 is 0 Å². The van der Waals surface area contributed by atoms with E-state index in [9.17, 15) is 34.5 Å². The normalized spacial score (nSPS) is 13.4. The van der Waals surface area contributed by atoms with Crippen molar-refractivity contribution in [2.24, 2.45) is 11.5 Å². The maximum absolute atomic E-state index is 12.9. The predicted molar refractivity (Wildman–Crippen MR) is 117 cm³/mol. The quantitative estimate of drug-likeness (QED) is 0.225. The first-order valence-electron chi connectivity index (χ1n) is 9.98. The third kappa shape index (κ3) is 8.15. The molecule has 0 aliphatic rings. The fourth-order valence-electron chi connectivity index (χ4n) is 3.01. The van der Waals surface area contributed by atoms with Gasteiger partial charge in [-0.15, -0.1) is 0 Å². The van der Waals surface area contributed by atoms with Crippen molar-refractivity contribution in [3.63, 3.8) is 0 Å². The monoisotopic (exact) mass is 458 g/mol. The summed E-state index contributed by atoms with van der Waals surface area (Å²) < 4.78 is 0. The van der Waals surface area contributed by atoms with Gasteiger partial charge < -0.3 is 37.4 Å². The highest BCUT2D eigenvalue weighted by atomic mass is 16.4. The maximum atomic E-state index is 12.9. The summed E-state index contributed by atoms with van der Waals surface area (Å²) in [4.78, 5) is 48.1. The fourth-order valence-corrected chi connectivity index (χ4v) is 3.01. The molecule has 11 nitrogen and oxygen atoms in total. The molecule has 3 amide bonds. The summed E-state index contributed by atoms with van der Waals surface area (Å²) in [6, 6.07) is 7.88. The molecule has 0 saturated carbocycles. The molecule has 176 valence electrons. The Morgan fingerprint density at radius 1 is 0.758 bits per heavy atom. The van der Waals surface area contributed by atoms with Crippen LogP contribution in [0.4, 0.5) is 0 Å². The van der Waals surface area contributed by atoms with Crippen molar-refractivity contribution >= 4 is 23.7 Å². The van der Waals surface area contributed by atoms with Gasteiger partial charge in [-0.25, -0.2) is 4.79 Å². The van der Waals surface area contributed by atoms with Gasteiger partial charge in [0.1, 0.15) is 23.6 Å². The molecule has 0 radical (unpaired) electrons. The van der Waals surface area contributed by atoms with Crippen molar-refractivity contribution in [2.75, 3.05) is 0 Å². The topological polar surface area (TPSA) is 205 Å². The Morgan fingerprint density at radius 2 is 1.18 bits per heavy atom. The molecule has 2 aromatic carbocycles. The number of carbonyl (C=O) groups excluding carboxylic acids is 3. The molecule has 33 heavy (non-hydrogen) atoms. The predicted octanol–water partition coefficient (Wildman–Crippen LogP) is -0.860. The van der Waals surface area contributed by atoms with Gasteiger partial charge in [0, 0.05) is 12.8 Å². The van der Waals surface area contributed by atoms with Crippen molar-refractivity contribution in [2.45, 2.75) is 37.4 Å². The molecule has 11 heteroatoms. The number of carbonyl (C=O) groups is 4. The van der Waals surface area contributed by atoms with Crippen LogP contribution < -0.4 is 22.1 Å². The second kappa shape index (κ2) is 11.5. The molecule has 0 aromatic heterocycles. The molecular weight excluding hydrogens is 432 g/mol. The lowest BCUT2D eigenvalue weighted by Gasteiger charge is -2.23. The summed E-state index contributed by atoms with van der Waals surface area (Å²) in [5.74, 6) is -3.66. The van der Waals surface area contributed by atoms with Gasteiger partial charge in [-0.1, -0.05) is 24.3 Å². The molecule has 0 aliphatic heterocycles. The first-order valence-corrected chi connectivity index (χ1v) is 9.98. The summed E-state index contributed by atoms with van der Waals surface area (Å²) in [5.41, 5.74) is 11.8. The number of hydrogen-bond donors (Lipinski definition) is 7. The van der Waals surface area contributed by atoms with Crippen LogP contribution in [0.5, 0.6) is 11.5 Å². The average Bonchev–Trinajstić information content (AvgIpc) is 2.75. The molecule has 0 aliphatic carbocycles. The molecule has 9 N–H and O–H groups in total. The first kappa shape index (κ1) is 25.1. The number of aromatic hydroxyl groups is 2. The molecule has 0 saturated heterocycles. The van der Waals surface area contributed by atoms with Crippen LogP contribution in [-0.4, -0.2) is 57.1 Å². The van der Waals surface area contributed by atoms with Crippen LogP contribution in [0.2, 0.25) is 0 Å². The maximum Gasteiger partial charge on any atom is 0.326 e. The van der Waals surface area contributed by atoms with Gasteiger partial charge in [0.2, 0.25) is 17.7 Å². The van der Waals surface area contributed by atoms with Crippen LogP contribution in [0.1, 0.15) is 17.5 Å². The Kier molecular flexibility index (Phi) is 8.75. The summed E-state index contributed by atoms with van der Waals surface area (Å²) in [6.45, 7) is 0. The van der Waals surface area contributed by atoms with Gasteiger partial charge in [-0.3, -0.25) is 14.4 Å². The number of phenolic OH excluding ortho intramolecular Hbond substituents is 2. The van der Waals surface area contributed by atoms with E-state index in [1.54, 1.807) is 0 Å². The lowest BCUT2D eigenvalue weighted by molar-refractivity contribution is -0.142. The van der Waals surface area contributed by atoms with E-state index < -0.39 is 48.2 Å². The molecule has 0 fully saturated rings. The zero-order valence-corrected chi connectivity index (χ0v) is 17.6. The van der Waals surface area contributed by atoms with Crippen LogP contribution in [0, 0.1) is 0 Å². The van der Waals surface area contributed by atoms with Crippen molar-refractivity contribution in [1.82, 2.24) is 10.6 Å². The Labute approximate surface area is 189 Å². The lowest BCUT2D eigenvalue weighted by atomic mass is 10.0. The van der Waals surface area contributed by atoms with Crippen molar-refractivity contribution < 1.29 is 34.5 Å². The van der Waals surface area contributed by atoms with Crippen molar-refractivity contribution in [3.05, 3.63) is 59.7 Å². The summed E-state index contributed by atoms with van der Waals surface area (Å²) in [7, 11) is 0. The van der Waals surface area contributed by atoms with E-state index in [1.165, 1.54) is 48.5 Å². The van der Waals surface area contributed by atoms with Crippen LogP contribution in [0.3, 0.4) is 0 Å². The zero-order valence-electron chi connectivity index (χ0n) is 17.6. The third-order valence-electron chi connectivity index (χ3n) is 4.76. The van der Waals surface area contributed by atoms with Crippen LogP contribution >= 0.6 is 0 Å². The van der Waals surface area contributed by atoms with Crippen LogP contribution in [-0.2, 0) is 32.0 Å². The third-order valence-corrected chi connectivity index (χ3v) is 4.76. The molecule has 0 bridgehead atoms. The number of nitrogens with two attached hydrogens (primary N) is 2. The Morgan fingerprint density at radius 3 is 1.61 bits per heavy atom. The Bertz CT molecular complexity index is 993. The van der Waals surface area contributed by atoms with Crippen molar-refractivity contribution in [3.8, 4) is 11.5 Å². The number of aliphatic carboxylic acids is 1. The summed E-state index contributed by atoms with van der Waals surface area (Å²) in [6.07, 6.45) is -0.535. The number of primary amides is 1. The van der Waals surface area contributed by atoms with Gasteiger partial charge in [0.25, 0.3) is 0 Å². The fraction of sp³-hybridized carbons (Fsp3) is 0.273. The largest absolute Gasteiger partial charge is 0.508 e. The minimum Gasteiger partial charge on any atom is -0.508 e. The van der Waals surface area contributed by atoms with Gasteiger partial charge >= 0.3 is 5.97 Å². The minimum atomic E-state index is -1.32. The second-order valence-electron chi connectivity index (χ2n) is 7.48. The number of phenols is 2. The molecule has 3 atom stereocenters. The van der Waals surface area contributed by atoms with E-state index in [1.807, 2.05) is 0 Å². The van der Waals surface area contributed by atoms with Crippen LogP contribution in [0.15, 0.2) is 48.5 Å². The van der Waals surface area contributed by atoms with E-state index in [4.69, 9.17) is 11.5 Å². The van der Waals surface area contributed by atoms with Crippen molar-refractivity contribution in [1.29, 1.82) is 0 Å². The van der Waals surface area contributed by atoms with Gasteiger partial charge in [-0.05, 0) is 35.4 Å². The van der Waals surface area contributed by atoms with Gasteiger partial charge in [0.05, 0.1) is 12.5 Å². The highest BCUT2D eigenvalue weighted by Crippen LogP contribution is 2.13. The van der Waals surface area contributed by atoms with Gasteiger partial charge in [-0.2, -0.15) is 0 Å². The molecule has 0 spiro atoms. The van der Waals surface area contributed by atoms with E-state index in [0.717, 1.165) is 0 Å². The lowest BCUT2D eigenvalue weighted by Crippen LogP contribution is -2.56. The molecule has 2 rings (SSSR count). The minimum absolute atomic E-state index is 0.00658. The number of carboxylic acid groups (broad SMARTS) is 1. The summed E-state index contributed by atoms with van der Waals surface area (Å²) >= 11 is 0.